The number of carbonyl (C=O) groups excluding carboxylic acids is 1. The Kier molecular flexibility index (Phi) is 4.90. The number of carbonyl (C=O) groups is 1. The lowest BCUT2D eigenvalue weighted by molar-refractivity contribution is 0.0768. The summed E-state index contributed by atoms with van der Waals surface area (Å²) in [5, 5.41) is 11.1. The van der Waals surface area contributed by atoms with Crippen molar-refractivity contribution in [3.8, 4) is 6.07 Å². The van der Waals surface area contributed by atoms with Crippen LogP contribution in [0.2, 0.25) is 0 Å². The maximum absolute atomic E-state index is 11.0. The molecule has 0 aromatic heterocycles. The number of ether oxygens (including phenoxy) is 1. The van der Waals surface area contributed by atoms with Crippen LogP contribution in [0.25, 0.3) is 0 Å². The maximum atomic E-state index is 11.0. The van der Waals surface area contributed by atoms with Gasteiger partial charge >= 0.3 is 6.09 Å². The molecule has 0 bridgehead atoms. The molecular weight excluding hydrogens is 168 g/mol. The molecule has 0 aromatic rings. The SMILES string of the molecule is CCCCNC(=O)OC(C)(C)C#N. The smallest absolute Gasteiger partial charge is 0.408 e. The molecule has 0 aliphatic carbocycles. The molecule has 0 atom stereocenters. The van der Waals surface area contributed by atoms with Crippen LogP contribution in [0.1, 0.15) is 33.6 Å². The molecule has 0 fully saturated rings. The van der Waals surface area contributed by atoms with Crippen LogP contribution in [0.4, 0.5) is 4.79 Å². The fourth-order valence-electron chi connectivity index (χ4n) is 0.658. The van der Waals surface area contributed by atoms with Crippen molar-refractivity contribution in [1.29, 1.82) is 5.26 Å². The van der Waals surface area contributed by atoms with E-state index in [0.29, 0.717) is 6.54 Å². The second-order valence-electron chi connectivity index (χ2n) is 3.29. The van der Waals surface area contributed by atoms with E-state index in [1.165, 1.54) is 0 Å². The third-order valence-corrected chi connectivity index (χ3v) is 1.42. The minimum atomic E-state index is -1.05. The van der Waals surface area contributed by atoms with Gasteiger partial charge in [-0.05, 0) is 20.3 Å². The van der Waals surface area contributed by atoms with E-state index in [0.717, 1.165) is 12.8 Å². The van der Waals surface area contributed by atoms with Crippen molar-refractivity contribution in [2.75, 3.05) is 6.54 Å². The molecule has 74 valence electrons. The van der Waals surface area contributed by atoms with E-state index in [9.17, 15) is 4.79 Å². The molecule has 0 spiro atoms. The van der Waals surface area contributed by atoms with Gasteiger partial charge in [-0.3, -0.25) is 0 Å². The van der Waals surface area contributed by atoms with Gasteiger partial charge in [-0.15, -0.1) is 0 Å². The number of nitrogens with zero attached hydrogens (tertiary/aromatic N) is 1. The number of nitrogens with one attached hydrogen (secondary N) is 1. The van der Waals surface area contributed by atoms with E-state index in [-0.39, 0.29) is 0 Å². The summed E-state index contributed by atoms with van der Waals surface area (Å²) in [7, 11) is 0. The first-order valence-electron chi connectivity index (χ1n) is 4.40. The first kappa shape index (κ1) is 11.8. The van der Waals surface area contributed by atoms with Gasteiger partial charge in [0.15, 0.2) is 5.60 Å². The minimum absolute atomic E-state index is 0.528. The Labute approximate surface area is 78.9 Å². The number of alkyl carbamates (subject to hydrolysis) is 1. The van der Waals surface area contributed by atoms with E-state index >= 15 is 0 Å². The van der Waals surface area contributed by atoms with Gasteiger partial charge in [0.2, 0.25) is 0 Å². The summed E-state index contributed by atoms with van der Waals surface area (Å²) in [4.78, 5) is 11.0. The van der Waals surface area contributed by atoms with Gasteiger partial charge in [0.25, 0.3) is 0 Å². The van der Waals surface area contributed by atoms with Crippen LogP contribution in [-0.2, 0) is 4.74 Å². The summed E-state index contributed by atoms with van der Waals surface area (Å²) >= 11 is 0. The number of rotatable bonds is 4. The van der Waals surface area contributed by atoms with Crippen molar-refractivity contribution in [3.63, 3.8) is 0 Å². The number of hydrogen-bond acceptors (Lipinski definition) is 3. The molecule has 0 aliphatic rings. The van der Waals surface area contributed by atoms with E-state index in [2.05, 4.69) is 5.32 Å². The predicted octanol–water partition coefficient (Wildman–Crippen LogP) is 1.81. The Balaban J connectivity index is 3.70. The van der Waals surface area contributed by atoms with Gasteiger partial charge < -0.3 is 10.1 Å². The average molecular weight is 184 g/mol. The van der Waals surface area contributed by atoms with Gasteiger partial charge in [-0.1, -0.05) is 13.3 Å². The highest BCUT2D eigenvalue weighted by atomic mass is 16.6. The van der Waals surface area contributed by atoms with Crippen LogP contribution in [0.5, 0.6) is 0 Å². The monoisotopic (exact) mass is 184 g/mol. The summed E-state index contributed by atoms with van der Waals surface area (Å²) in [5.41, 5.74) is -1.05. The second kappa shape index (κ2) is 5.41. The lowest BCUT2D eigenvalue weighted by Crippen LogP contribution is -2.33. The molecule has 0 aliphatic heterocycles. The second-order valence-corrected chi connectivity index (χ2v) is 3.29. The van der Waals surface area contributed by atoms with E-state index < -0.39 is 11.7 Å². The van der Waals surface area contributed by atoms with E-state index in [4.69, 9.17) is 10.00 Å². The lowest BCUT2D eigenvalue weighted by atomic mass is 10.2. The fourth-order valence-corrected chi connectivity index (χ4v) is 0.658. The molecule has 0 saturated heterocycles. The maximum Gasteiger partial charge on any atom is 0.408 e. The molecule has 0 radical (unpaired) electrons. The first-order valence-corrected chi connectivity index (χ1v) is 4.40. The van der Waals surface area contributed by atoms with Gasteiger partial charge in [-0.25, -0.2) is 4.79 Å². The van der Waals surface area contributed by atoms with Crippen LogP contribution in [0.15, 0.2) is 0 Å². The Bertz CT molecular complexity index is 206. The summed E-state index contributed by atoms with van der Waals surface area (Å²) < 4.78 is 4.82. The third kappa shape index (κ3) is 5.97. The lowest BCUT2D eigenvalue weighted by Gasteiger charge is -2.16. The third-order valence-electron chi connectivity index (χ3n) is 1.42. The minimum Gasteiger partial charge on any atom is -0.428 e. The molecule has 4 heteroatoms. The van der Waals surface area contributed by atoms with Crippen LogP contribution in [0.3, 0.4) is 0 Å². The van der Waals surface area contributed by atoms with Crippen LogP contribution in [0, 0.1) is 11.3 Å². The Morgan fingerprint density at radius 1 is 1.62 bits per heavy atom. The Hall–Kier alpha value is -1.24. The highest BCUT2D eigenvalue weighted by Crippen LogP contribution is 2.06. The molecular formula is C9H16N2O2. The number of amides is 1. The summed E-state index contributed by atoms with van der Waals surface area (Å²) in [6.45, 7) is 5.72. The highest BCUT2D eigenvalue weighted by molar-refractivity contribution is 5.67. The topological polar surface area (TPSA) is 62.1 Å². The number of hydrogen-bond donors (Lipinski definition) is 1. The molecule has 0 unspecified atom stereocenters. The number of nitriles is 1. The van der Waals surface area contributed by atoms with Gasteiger partial charge in [0.05, 0.1) is 0 Å². The average Bonchev–Trinajstić information content (AvgIpc) is 2.04. The zero-order chi connectivity index (χ0) is 10.3. The summed E-state index contributed by atoms with van der Waals surface area (Å²) in [5.74, 6) is 0. The highest BCUT2D eigenvalue weighted by Gasteiger charge is 2.21. The molecule has 0 heterocycles. The Morgan fingerprint density at radius 2 is 2.23 bits per heavy atom. The van der Waals surface area contributed by atoms with Crippen molar-refractivity contribution in [2.24, 2.45) is 0 Å². The molecule has 0 saturated carbocycles. The zero-order valence-electron chi connectivity index (χ0n) is 8.39. The largest absolute Gasteiger partial charge is 0.428 e. The molecule has 0 rings (SSSR count). The molecule has 13 heavy (non-hydrogen) atoms. The molecule has 1 N–H and O–H groups in total. The zero-order valence-corrected chi connectivity index (χ0v) is 8.39. The van der Waals surface area contributed by atoms with E-state index in [1.54, 1.807) is 13.8 Å². The van der Waals surface area contributed by atoms with Crippen molar-refractivity contribution in [1.82, 2.24) is 5.32 Å². The molecule has 4 nitrogen and oxygen atoms in total. The van der Waals surface area contributed by atoms with Gasteiger partial charge in [0.1, 0.15) is 6.07 Å². The van der Waals surface area contributed by atoms with Crippen molar-refractivity contribution in [2.45, 2.75) is 39.2 Å². The summed E-state index contributed by atoms with van der Waals surface area (Å²) in [6, 6.07) is 1.88. The quantitative estimate of drug-likeness (QED) is 0.678. The van der Waals surface area contributed by atoms with Gasteiger partial charge in [-0.2, -0.15) is 5.26 Å². The van der Waals surface area contributed by atoms with Crippen molar-refractivity contribution >= 4 is 6.09 Å². The molecule has 0 aromatic carbocycles. The fraction of sp³-hybridized carbons (Fsp3) is 0.778. The van der Waals surface area contributed by atoms with Gasteiger partial charge in [0, 0.05) is 6.54 Å². The van der Waals surface area contributed by atoms with Crippen LogP contribution in [-0.4, -0.2) is 18.2 Å². The molecule has 1 amide bonds. The van der Waals surface area contributed by atoms with E-state index in [1.807, 2.05) is 13.0 Å². The van der Waals surface area contributed by atoms with Crippen LogP contribution >= 0.6 is 0 Å². The standard InChI is InChI=1S/C9H16N2O2/c1-4-5-6-11-8(12)13-9(2,3)7-10/h4-6H2,1-3H3,(H,11,12). The Morgan fingerprint density at radius 3 is 2.69 bits per heavy atom. The van der Waals surface area contributed by atoms with Crippen LogP contribution < -0.4 is 5.32 Å². The van der Waals surface area contributed by atoms with Crippen molar-refractivity contribution in [3.05, 3.63) is 0 Å². The van der Waals surface area contributed by atoms with Crippen molar-refractivity contribution < 1.29 is 9.53 Å². The predicted molar refractivity (Wildman–Crippen MR) is 49.1 cm³/mol. The first-order chi connectivity index (χ1) is 6.02. The number of unbranched alkanes of at least 4 members (excludes halogenated alkanes) is 1. The normalized spacial score (nSPS) is 10.3. The summed E-state index contributed by atoms with van der Waals surface area (Å²) in [6.07, 6.45) is 1.41.